The molecule has 0 aliphatic heterocycles. The van der Waals surface area contributed by atoms with Crippen molar-refractivity contribution in [3.63, 3.8) is 0 Å². The minimum Gasteiger partial charge on any atom is -0.365 e. The molecule has 0 saturated carbocycles. The van der Waals surface area contributed by atoms with Gasteiger partial charge in [-0.3, -0.25) is 4.98 Å². The molecule has 0 aliphatic carbocycles. The zero-order valence-electron chi connectivity index (χ0n) is 17.6. The lowest BCUT2D eigenvalue weighted by Gasteiger charge is -2.10. The Morgan fingerprint density at radius 1 is 0.781 bits per heavy atom. The number of pyridine rings is 3. The molecule has 0 atom stereocenters. The summed E-state index contributed by atoms with van der Waals surface area (Å²) in [4.78, 5) is 13.2. The van der Waals surface area contributed by atoms with E-state index in [-0.39, 0.29) is 0 Å². The van der Waals surface area contributed by atoms with Crippen molar-refractivity contribution in [1.29, 1.82) is 0 Å². The first kappa shape index (κ1) is 20.2. The number of hydrogen-bond acceptors (Lipinski definition) is 4. The molecule has 3 aromatic heterocycles. The molecular formula is C27H21ClN4. The van der Waals surface area contributed by atoms with Crippen molar-refractivity contribution < 1.29 is 0 Å². The van der Waals surface area contributed by atoms with Gasteiger partial charge in [0.25, 0.3) is 0 Å². The number of halogens is 1. The molecule has 4 nitrogen and oxygen atoms in total. The highest BCUT2D eigenvalue weighted by Crippen LogP contribution is 2.27. The molecule has 0 bridgehead atoms. The first-order valence-corrected chi connectivity index (χ1v) is 10.8. The number of benzene rings is 2. The summed E-state index contributed by atoms with van der Waals surface area (Å²) in [6.07, 6.45) is 5.36. The van der Waals surface area contributed by atoms with E-state index >= 15 is 0 Å². The molecule has 5 rings (SSSR count). The fourth-order valence-corrected chi connectivity index (χ4v) is 3.93. The third-order valence-corrected chi connectivity index (χ3v) is 5.64. The van der Waals surface area contributed by atoms with Gasteiger partial charge >= 0.3 is 0 Å². The molecule has 5 heteroatoms. The summed E-state index contributed by atoms with van der Waals surface area (Å²) >= 11 is 6.03. The van der Waals surface area contributed by atoms with E-state index in [1.807, 2.05) is 36.7 Å². The highest BCUT2D eigenvalue weighted by molar-refractivity contribution is 6.29. The third kappa shape index (κ3) is 4.32. The van der Waals surface area contributed by atoms with Crippen LogP contribution in [0.5, 0.6) is 0 Å². The van der Waals surface area contributed by atoms with Crippen molar-refractivity contribution in [1.82, 2.24) is 15.0 Å². The molecule has 3 heterocycles. The topological polar surface area (TPSA) is 50.7 Å². The average molecular weight is 437 g/mol. The van der Waals surface area contributed by atoms with Crippen LogP contribution in [0.3, 0.4) is 0 Å². The SMILES string of the molecule is Cc1cccc(-c2ccc(CNc3nccc4cc(-c5ccnc(Cl)c5)ncc34)cc2)c1. The van der Waals surface area contributed by atoms with Crippen LogP contribution in [-0.2, 0) is 6.54 Å². The predicted molar refractivity (Wildman–Crippen MR) is 132 cm³/mol. The van der Waals surface area contributed by atoms with Crippen molar-refractivity contribution in [3.05, 3.63) is 108 Å². The summed E-state index contributed by atoms with van der Waals surface area (Å²) < 4.78 is 0. The highest BCUT2D eigenvalue weighted by atomic mass is 35.5. The lowest BCUT2D eigenvalue weighted by atomic mass is 10.0. The van der Waals surface area contributed by atoms with Gasteiger partial charge in [-0.1, -0.05) is 65.7 Å². The average Bonchev–Trinajstić information content (AvgIpc) is 2.82. The lowest BCUT2D eigenvalue weighted by molar-refractivity contribution is 1.12. The van der Waals surface area contributed by atoms with Crippen LogP contribution < -0.4 is 5.32 Å². The normalized spacial score (nSPS) is 10.9. The van der Waals surface area contributed by atoms with E-state index < -0.39 is 0 Å². The van der Waals surface area contributed by atoms with Crippen molar-refractivity contribution in [3.8, 4) is 22.4 Å². The molecule has 0 aliphatic rings. The van der Waals surface area contributed by atoms with Crippen molar-refractivity contribution in [2.75, 3.05) is 5.32 Å². The number of hydrogen-bond donors (Lipinski definition) is 1. The van der Waals surface area contributed by atoms with Gasteiger partial charge in [-0.05, 0) is 53.3 Å². The summed E-state index contributed by atoms with van der Waals surface area (Å²) in [5.41, 5.74) is 6.69. The van der Waals surface area contributed by atoms with Gasteiger partial charge in [0.05, 0.1) is 5.69 Å². The fourth-order valence-electron chi connectivity index (χ4n) is 3.75. The highest BCUT2D eigenvalue weighted by Gasteiger charge is 2.07. The van der Waals surface area contributed by atoms with E-state index in [0.717, 1.165) is 27.8 Å². The molecule has 0 radical (unpaired) electrons. The largest absolute Gasteiger partial charge is 0.365 e. The molecule has 5 aromatic rings. The monoisotopic (exact) mass is 436 g/mol. The van der Waals surface area contributed by atoms with E-state index in [1.165, 1.54) is 22.3 Å². The number of nitrogens with one attached hydrogen (secondary N) is 1. The summed E-state index contributed by atoms with van der Waals surface area (Å²) in [7, 11) is 0. The molecule has 0 spiro atoms. The number of aryl methyl sites for hydroxylation is 1. The van der Waals surface area contributed by atoms with Gasteiger partial charge in [0.2, 0.25) is 0 Å². The number of rotatable bonds is 5. The molecular weight excluding hydrogens is 416 g/mol. The summed E-state index contributed by atoms with van der Waals surface area (Å²) in [5.74, 6) is 0.817. The van der Waals surface area contributed by atoms with Crippen LogP contribution in [0, 0.1) is 6.92 Å². The summed E-state index contributed by atoms with van der Waals surface area (Å²) in [6, 6.07) is 24.9. The van der Waals surface area contributed by atoms with E-state index in [4.69, 9.17) is 11.6 Å². The standard InChI is InChI=1S/C27H21ClN4/c1-18-3-2-4-21(13-18)20-7-5-19(6-8-20)16-32-27-24-17-31-25(14-22(24)9-12-30-27)23-10-11-29-26(28)15-23/h2-15,17H,16H2,1H3,(H,30,32). The van der Waals surface area contributed by atoms with Crippen LogP contribution in [0.4, 0.5) is 5.82 Å². The second-order valence-electron chi connectivity index (χ2n) is 7.74. The third-order valence-electron chi connectivity index (χ3n) is 5.44. The molecule has 32 heavy (non-hydrogen) atoms. The number of nitrogens with zero attached hydrogens (tertiary/aromatic N) is 3. The van der Waals surface area contributed by atoms with E-state index in [1.54, 1.807) is 6.20 Å². The van der Waals surface area contributed by atoms with Gasteiger partial charge in [0.1, 0.15) is 11.0 Å². The number of fused-ring (bicyclic) bond motifs is 1. The Bertz CT molecular complexity index is 1400. The van der Waals surface area contributed by atoms with E-state index in [9.17, 15) is 0 Å². The zero-order valence-corrected chi connectivity index (χ0v) is 18.3. The van der Waals surface area contributed by atoms with Crippen LogP contribution in [0.15, 0.2) is 91.4 Å². The Labute approximate surface area is 192 Å². The Kier molecular flexibility index (Phi) is 5.53. The molecule has 0 amide bonds. The quantitative estimate of drug-likeness (QED) is 0.303. The predicted octanol–water partition coefficient (Wildman–Crippen LogP) is 6.93. The minimum atomic E-state index is 0.454. The first-order chi connectivity index (χ1) is 15.7. The van der Waals surface area contributed by atoms with Crippen LogP contribution >= 0.6 is 11.6 Å². The van der Waals surface area contributed by atoms with Crippen LogP contribution in [0.1, 0.15) is 11.1 Å². The Morgan fingerprint density at radius 3 is 2.44 bits per heavy atom. The maximum Gasteiger partial charge on any atom is 0.135 e. The Balaban J connectivity index is 1.35. The lowest BCUT2D eigenvalue weighted by Crippen LogP contribution is -2.02. The van der Waals surface area contributed by atoms with Crippen molar-refractivity contribution in [2.45, 2.75) is 13.5 Å². The van der Waals surface area contributed by atoms with E-state index in [0.29, 0.717) is 11.7 Å². The first-order valence-electron chi connectivity index (χ1n) is 10.4. The van der Waals surface area contributed by atoms with Crippen molar-refractivity contribution >= 4 is 28.2 Å². The van der Waals surface area contributed by atoms with Crippen LogP contribution in [-0.4, -0.2) is 15.0 Å². The van der Waals surface area contributed by atoms with Gasteiger partial charge < -0.3 is 5.32 Å². The molecule has 0 unspecified atom stereocenters. The molecule has 1 N–H and O–H groups in total. The maximum absolute atomic E-state index is 6.03. The van der Waals surface area contributed by atoms with Crippen LogP contribution in [0.25, 0.3) is 33.2 Å². The van der Waals surface area contributed by atoms with E-state index in [2.05, 4.69) is 75.7 Å². The Morgan fingerprint density at radius 2 is 1.62 bits per heavy atom. The minimum absolute atomic E-state index is 0.454. The van der Waals surface area contributed by atoms with Gasteiger partial charge in [-0.25, -0.2) is 9.97 Å². The molecule has 0 fully saturated rings. The molecule has 0 saturated heterocycles. The van der Waals surface area contributed by atoms with Gasteiger partial charge in [-0.2, -0.15) is 0 Å². The van der Waals surface area contributed by atoms with Gasteiger partial charge in [-0.15, -0.1) is 0 Å². The summed E-state index contributed by atoms with van der Waals surface area (Å²) in [6.45, 7) is 2.80. The van der Waals surface area contributed by atoms with Gasteiger partial charge in [0, 0.05) is 36.1 Å². The van der Waals surface area contributed by atoms with Crippen LogP contribution in [0.2, 0.25) is 5.15 Å². The number of anilines is 1. The smallest absolute Gasteiger partial charge is 0.135 e. The second kappa shape index (κ2) is 8.77. The maximum atomic E-state index is 6.03. The molecule has 156 valence electrons. The Hall–Kier alpha value is -3.76. The fraction of sp³-hybridized carbons (Fsp3) is 0.0741. The second-order valence-corrected chi connectivity index (χ2v) is 8.12. The zero-order chi connectivity index (χ0) is 21.9. The number of aromatic nitrogens is 3. The van der Waals surface area contributed by atoms with Crippen molar-refractivity contribution in [2.24, 2.45) is 0 Å². The summed E-state index contributed by atoms with van der Waals surface area (Å²) in [5, 5.41) is 5.96. The van der Waals surface area contributed by atoms with Gasteiger partial charge in [0.15, 0.2) is 0 Å². The molecule has 2 aromatic carbocycles.